The summed E-state index contributed by atoms with van der Waals surface area (Å²) in [6.07, 6.45) is 2.99. The fourth-order valence-electron chi connectivity index (χ4n) is 0.524. The zero-order chi connectivity index (χ0) is 5.11. The average Bonchev–Trinajstić information content (AvgIpc) is 1.69. The molecule has 2 nitrogen and oxygen atoms in total. The van der Waals surface area contributed by atoms with E-state index in [4.69, 9.17) is 4.74 Å². The SMILES string of the molecule is CC1CCN=CO1. The molecule has 0 amide bonds. The number of rotatable bonds is 0. The number of aliphatic imine (C=N–C) groups is 1. The molecule has 0 spiro atoms. The lowest BCUT2D eigenvalue weighted by Crippen LogP contribution is -2.12. The summed E-state index contributed by atoms with van der Waals surface area (Å²) >= 11 is 0. The molecule has 1 aliphatic heterocycles. The molecule has 1 heterocycles. The Bertz CT molecular complexity index is 80.1. The van der Waals surface area contributed by atoms with Crippen LogP contribution in [0.25, 0.3) is 0 Å². The van der Waals surface area contributed by atoms with E-state index in [9.17, 15) is 0 Å². The van der Waals surface area contributed by atoms with Crippen molar-refractivity contribution >= 4 is 6.40 Å². The molecule has 0 aromatic heterocycles. The van der Waals surface area contributed by atoms with Crippen LogP contribution in [0.3, 0.4) is 0 Å². The van der Waals surface area contributed by atoms with Gasteiger partial charge >= 0.3 is 0 Å². The maximum Gasteiger partial charge on any atom is 0.169 e. The summed E-state index contributed by atoms with van der Waals surface area (Å²) in [6, 6.07) is 0. The predicted octanol–water partition coefficient (Wildman–Crippen LogP) is 0.824. The van der Waals surface area contributed by atoms with E-state index in [0.717, 1.165) is 13.0 Å². The molecule has 0 saturated heterocycles. The molecule has 1 unspecified atom stereocenters. The number of nitrogens with zero attached hydrogens (tertiary/aromatic N) is 1. The van der Waals surface area contributed by atoms with Crippen molar-refractivity contribution in [2.75, 3.05) is 6.54 Å². The third-order valence-corrected chi connectivity index (χ3v) is 1.03. The first-order valence-electron chi connectivity index (χ1n) is 2.53. The quantitative estimate of drug-likeness (QED) is 0.440. The molecule has 0 aromatic carbocycles. The molecule has 2 heteroatoms. The van der Waals surface area contributed by atoms with Gasteiger partial charge in [-0.15, -0.1) is 0 Å². The van der Waals surface area contributed by atoms with Gasteiger partial charge in [0.1, 0.15) is 0 Å². The summed E-state index contributed by atoms with van der Waals surface area (Å²) in [7, 11) is 0. The van der Waals surface area contributed by atoms with Gasteiger partial charge < -0.3 is 4.74 Å². The lowest BCUT2D eigenvalue weighted by Gasteiger charge is -2.12. The molecule has 0 aliphatic carbocycles. The van der Waals surface area contributed by atoms with Gasteiger partial charge in [-0.05, 0) is 6.92 Å². The second-order valence-electron chi connectivity index (χ2n) is 1.75. The zero-order valence-corrected chi connectivity index (χ0v) is 4.42. The van der Waals surface area contributed by atoms with Crippen LogP contribution in [0.5, 0.6) is 0 Å². The van der Waals surface area contributed by atoms with Crippen LogP contribution < -0.4 is 0 Å². The molecule has 7 heavy (non-hydrogen) atoms. The predicted molar refractivity (Wildman–Crippen MR) is 28.5 cm³/mol. The van der Waals surface area contributed by atoms with Crippen LogP contribution in [-0.4, -0.2) is 19.0 Å². The Morgan fingerprint density at radius 1 is 1.86 bits per heavy atom. The van der Waals surface area contributed by atoms with E-state index in [1.54, 1.807) is 0 Å². The molecular formula is C5H9NO. The summed E-state index contributed by atoms with van der Waals surface area (Å²) in [4.78, 5) is 3.88. The first-order valence-corrected chi connectivity index (χ1v) is 2.53. The lowest BCUT2D eigenvalue weighted by molar-refractivity contribution is 0.198. The first kappa shape index (κ1) is 4.62. The molecule has 0 N–H and O–H groups in total. The molecule has 0 aromatic rings. The van der Waals surface area contributed by atoms with E-state index in [0.29, 0.717) is 6.10 Å². The Morgan fingerprint density at radius 3 is 3.00 bits per heavy atom. The number of ether oxygens (including phenoxy) is 1. The van der Waals surface area contributed by atoms with Crippen molar-refractivity contribution in [2.45, 2.75) is 19.4 Å². The molecule has 0 radical (unpaired) electrons. The molecule has 1 rings (SSSR count). The highest BCUT2D eigenvalue weighted by Gasteiger charge is 2.01. The highest BCUT2D eigenvalue weighted by Crippen LogP contribution is 1.99. The molecule has 1 aliphatic rings. The smallest absolute Gasteiger partial charge is 0.169 e. The average molecular weight is 99.1 g/mol. The van der Waals surface area contributed by atoms with Crippen LogP contribution in [-0.2, 0) is 4.74 Å². The number of hydrogen-bond acceptors (Lipinski definition) is 2. The first-order chi connectivity index (χ1) is 3.39. The van der Waals surface area contributed by atoms with Crippen molar-refractivity contribution in [3.05, 3.63) is 0 Å². The van der Waals surface area contributed by atoms with Crippen molar-refractivity contribution in [3.8, 4) is 0 Å². The van der Waals surface area contributed by atoms with E-state index in [1.165, 1.54) is 6.40 Å². The Morgan fingerprint density at radius 2 is 2.71 bits per heavy atom. The van der Waals surface area contributed by atoms with Gasteiger partial charge in [-0.3, -0.25) is 4.99 Å². The summed E-state index contributed by atoms with van der Waals surface area (Å²) in [5.74, 6) is 0. The van der Waals surface area contributed by atoms with E-state index < -0.39 is 0 Å². The molecule has 0 fully saturated rings. The number of hydrogen-bond donors (Lipinski definition) is 0. The molecule has 1 atom stereocenters. The normalized spacial score (nSPS) is 29.6. The molecule has 40 valence electrons. The standard InChI is InChI=1S/C5H9NO/c1-5-2-3-6-4-7-5/h4-5H,2-3H2,1H3. The van der Waals surface area contributed by atoms with Gasteiger partial charge in [-0.1, -0.05) is 0 Å². The van der Waals surface area contributed by atoms with Crippen LogP contribution in [0, 0.1) is 0 Å². The minimum Gasteiger partial charge on any atom is -0.481 e. The second-order valence-corrected chi connectivity index (χ2v) is 1.75. The molecule has 0 bridgehead atoms. The second kappa shape index (κ2) is 1.96. The van der Waals surface area contributed by atoms with Crippen molar-refractivity contribution in [3.63, 3.8) is 0 Å². The van der Waals surface area contributed by atoms with Crippen molar-refractivity contribution < 1.29 is 4.74 Å². The fraction of sp³-hybridized carbons (Fsp3) is 0.800. The van der Waals surface area contributed by atoms with E-state index in [-0.39, 0.29) is 0 Å². The van der Waals surface area contributed by atoms with Gasteiger partial charge in [0.2, 0.25) is 0 Å². The van der Waals surface area contributed by atoms with Crippen molar-refractivity contribution in [1.29, 1.82) is 0 Å². The van der Waals surface area contributed by atoms with Crippen molar-refractivity contribution in [2.24, 2.45) is 4.99 Å². The highest BCUT2D eigenvalue weighted by molar-refractivity contribution is 5.47. The Kier molecular flexibility index (Phi) is 1.29. The minimum absolute atomic E-state index is 0.387. The highest BCUT2D eigenvalue weighted by atomic mass is 16.5. The summed E-state index contributed by atoms with van der Waals surface area (Å²) < 4.78 is 4.99. The Balaban J connectivity index is 2.32. The van der Waals surface area contributed by atoms with E-state index in [1.807, 2.05) is 6.92 Å². The summed E-state index contributed by atoms with van der Waals surface area (Å²) in [6.45, 7) is 2.98. The third kappa shape index (κ3) is 1.18. The topological polar surface area (TPSA) is 21.6 Å². The van der Waals surface area contributed by atoms with Crippen molar-refractivity contribution in [1.82, 2.24) is 0 Å². The van der Waals surface area contributed by atoms with Crippen LogP contribution >= 0.6 is 0 Å². The van der Waals surface area contributed by atoms with Gasteiger partial charge in [0.25, 0.3) is 0 Å². The maximum atomic E-state index is 4.99. The van der Waals surface area contributed by atoms with Gasteiger partial charge in [-0.25, -0.2) is 0 Å². The maximum absolute atomic E-state index is 4.99. The van der Waals surface area contributed by atoms with Gasteiger partial charge in [0.05, 0.1) is 6.10 Å². The monoisotopic (exact) mass is 99.1 g/mol. The largest absolute Gasteiger partial charge is 0.481 e. The van der Waals surface area contributed by atoms with Crippen LogP contribution in [0.2, 0.25) is 0 Å². The van der Waals surface area contributed by atoms with Gasteiger partial charge in [-0.2, -0.15) is 0 Å². The molecule has 0 saturated carbocycles. The summed E-state index contributed by atoms with van der Waals surface area (Å²) in [5, 5.41) is 0. The van der Waals surface area contributed by atoms with E-state index in [2.05, 4.69) is 4.99 Å². The van der Waals surface area contributed by atoms with E-state index >= 15 is 0 Å². The zero-order valence-electron chi connectivity index (χ0n) is 4.42. The lowest BCUT2D eigenvalue weighted by atomic mass is 10.3. The minimum atomic E-state index is 0.387. The van der Waals surface area contributed by atoms with Crippen LogP contribution in [0.15, 0.2) is 4.99 Å². The third-order valence-electron chi connectivity index (χ3n) is 1.03. The summed E-state index contributed by atoms with van der Waals surface area (Å²) in [5.41, 5.74) is 0. The van der Waals surface area contributed by atoms with Gasteiger partial charge in [0.15, 0.2) is 6.40 Å². The van der Waals surface area contributed by atoms with Gasteiger partial charge in [0, 0.05) is 13.0 Å². The fourth-order valence-corrected chi connectivity index (χ4v) is 0.524. The Labute approximate surface area is 43.2 Å². The van der Waals surface area contributed by atoms with Crippen LogP contribution in [0.1, 0.15) is 13.3 Å². The molecular weight excluding hydrogens is 90.1 g/mol. The Hall–Kier alpha value is -0.530. The van der Waals surface area contributed by atoms with Crippen LogP contribution in [0.4, 0.5) is 0 Å².